The molecule has 3 heteroatoms. The number of hydrogen-bond acceptors (Lipinski definition) is 2. The van der Waals surface area contributed by atoms with Crippen molar-refractivity contribution in [2.45, 2.75) is 0 Å². The summed E-state index contributed by atoms with van der Waals surface area (Å²) in [6.45, 7) is 0. The van der Waals surface area contributed by atoms with E-state index in [-0.39, 0.29) is 0 Å². The van der Waals surface area contributed by atoms with Gasteiger partial charge in [-0.25, -0.2) is 0 Å². The zero-order valence-corrected chi connectivity index (χ0v) is 14.1. The number of carbonyl (C=O) groups excluding carboxylic acids is 1. The minimum Gasteiger partial charge on any atom is -0.298 e. The van der Waals surface area contributed by atoms with E-state index in [2.05, 4.69) is 6.07 Å². The average Bonchev–Trinajstić information content (AvgIpc) is 2.67. The molecule has 0 bridgehead atoms. The largest absolute Gasteiger partial charge is 0.298 e. The molecule has 0 saturated heterocycles. The summed E-state index contributed by atoms with van der Waals surface area (Å²) in [5.74, 6) is 0. The summed E-state index contributed by atoms with van der Waals surface area (Å²) in [4.78, 5) is 10.8. The smallest absolute Gasteiger partial charge is 0.150 e. The van der Waals surface area contributed by atoms with Crippen molar-refractivity contribution in [2.24, 2.45) is 0 Å². The minimum absolute atomic E-state index is 0.499. The maximum atomic E-state index is 10.8. The molecule has 0 N–H and O–H groups in total. The second kappa shape index (κ2) is 7.61. The first kappa shape index (κ1) is 16.7. The van der Waals surface area contributed by atoms with Gasteiger partial charge in [-0.1, -0.05) is 84.4 Å². The minimum atomic E-state index is 0.499. The number of nitriles is 1. The lowest BCUT2D eigenvalue weighted by Crippen LogP contribution is -1.88. The van der Waals surface area contributed by atoms with Crippen LogP contribution in [0.15, 0.2) is 66.7 Å². The van der Waals surface area contributed by atoms with E-state index in [4.69, 9.17) is 11.6 Å². The maximum Gasteiger partial charge on any atom is 0.150 e. The molecule has 0 aliphatic carbocycles. The summed E-state index contributed by atoms with van der Waals surface area (Å²) < 4.78 is 0. The van der Waals surface area contributed by atoms with Crippen molar-refractivity contribution in [3.8, 4) is 17.2 Å². The van der Waals surface area contributed by atoms with Gasteiger partial charge in [0.2, 0.25) is 0 Å². The van der Waals surface area contributed by atoms with Crippen LogP contribution in [0.5, 0.6) is 0 Å². The van der Waals surface area contributed by atoms with E-state index in [1.807, 2.05) is 60.7 Å². The van der Waals surface area contributed by atoms with Gasteiger partial charge in [-0.2, -0.15) is 5.26 Å². The maximum absolute atomic E-state index is 10.8. The van der Waals surface area contributed by atoms with Gasteiger partial charge >= 0.3 is 0 Å². The number of benzene rings is 3. The average molecular weight is 344 g/mol. The van der Waals surface area contributed by atoms with Gasteiger partial charge in [-0.3, -0.25) is 4.79 Å². The quantitative estimate of drug-likeness (QED) is 0.439. The van der Waals surface area contributed by atoms with Crippen molar-refractivity contribution in [1.29, 1.82) is 5.26 Å². The third-order valence-corrected chi connectivity index (χ3v) is 4.22. The SMILES string of the molecule is N#Cc1c(/C=C/c2ccc(C=O)cc2Cl)cccc1-c1ccccc1. The summed E-state index contributed by atoms with van der Waals surface area (Å²) >= 11 is 6.20. The van der Waals surface area contributed by atoms with E-state index in [1.165, 1.54) is 0 Å². The molecular formula is C22H14ClNO. The van der Waals surface area contributed by atoms with Crippen LogP contribution in [0.1, 0.15) is 27.0 Å². The second-order valence-electron chi connectivity index (χ2n) is 5.48. The number of hydrogen-bond donors (Lipinski definition) is 0. The lowest BCUT2D eigenvalue weighted by molar-refractivity contribution is 0.112. The third kappa shape index (κ3) is 3.68. The van der Waals surface area contributed by atoms with Gasteiger partial charge in [0.05, 0.1) is 5.56 Å². The van der Waals surface area contributed by atoms with Crippen LogP contribution in [0.2, 0.25) is 5.02 Å². The van der Waals surface area contributed by atoms with Crippen LogP contribution >= 0.6 is 11.6 Å². The van der Waals surface area contributed by atoms with Gasteiger partial charge in [-0.15, -0.1) is 0 Å². The first-order chi connectivity index (χ1) is 12.2. The second-order valence-corrected chi connectivity index (χ2v) is 5.89. The summed E-state index contributed by atoms with van der Waals surface area (Å²) in [7, 11) is 0. The molecular weight excluding hydrogens is 330 g/mol. The fourth-order valence-corrected chi connectivity index (χ4v) is 2.88. The zero-order chi connectivity index (χ0) is 17.6. The first-order valence-corrected chi connectivity index (χ1v) is 8.12. The fourth-order valence-electron chi connectivity index (χ4n) is 2.62. The van der Waals surface area contributed by atoms with Crippen molar-refractivity contribution in [3.63, 3.8) is 0 Å². The van der Waals surface area contributed by atoms with Gasteiger partial charge < -0.3 is 0 Å². The zero-order valence-electron chi connectivity index (χ0n) is 13.3. The monoisotopic (exact) mass is 343 g/mol. The standard InChI is InChI=1S/C22H14ClNO/c23-22-13-16(15-25)9-10-19(22)12-11-18-7-4-8-20(21(18)14-24)17-5-2-1-3-6-17/h1-13,15H/b12-11+. The van der Waals surface area contributed by atoms with Crippen molar-refractivity contribution in [3.05, 3.63) is 94.0 Å². The molecule has 0 radical (unpaired) electrons. The molecule has 0 unspecified atom stereocenters. The number of carbonyl (C=O) groups is 1. The topological polar surface area (TPSA) is 40.9 Å². The highest BCUT2D eigenvalue weighted by atomic mass is 35.5. The lowest BCUT2D eigenvalue weighted by Gasteiger charge is -2.07. The molecule has 3 rings (SSSR count). The van der Waals surface area contributed by atoms with E-state index in [9.17, 15) is 10.1 Å². The fraction of sp³-hybridized carbons (Fsp3) is 0. The van der Waals surface area contributed by atoms with Crippen LogP contribution in [0.25, 0.3) is 23.3 Å². The predicted octanol–water partition coefficient (Wildman–Crippen LogP) is 5.86. The van der Waals surface area contributed by atoms with Gasteiger partial charge in [-0.05, 0) is 22.8 Å². The number of rotatable bonds is 4. The van der Waals surface area contributed by atoms with Gasteiger partial charge in [0.15, 0.2) is 0 Å². The highest BCUT2D eigenvalue weighted by molar-refractivity contribution is 6.32. The van der Waals surface area contributed by atoms with E-state index in [0.717, 1.165) is 28.5 Å². The normalized spacial score (nSPS) is 10.6. The van der Waals surface area contributed by atoms with Crippen LogP contribution in [0, 0.1) is 11.3 Å². The van der Waals surface area contributed by atoms with E-state index in [1.54, 1.807) is 18.2 Å². The number of aldehydes is 1. The predicted molar refractivity (Wildman–Crippen MR) is 102 cm³/mol. The molecule has 3 aromatic carbocycles. The molecule has 0 atom stereocenters. The summed E-state index contributed by atoms with van der Waals surface area (Å²) in [5.41, 5.74) is 4.66. The van der Waals surface area contributed by atoms with Crippen LogP contribution in [0.3, 0.4) is 0 Å². The molecule has 0 spiro atoms. The Labute approximate surface area is 151 Å². The van der Waals surface area contributed by atoms with Crippen molar-refractivity contribution in [1.82, 2.24) is 0 Å². The molecule has 0 heterocycles. The Kier molecular flexibility index (Phi) is 5.09. The van der Waals surface area contributed by atoms with Crippen LogP contribution < -0.4 is 0 Å². The molecule has 0 aliphatic heterocycles. The molecule has 3 aromatic rings. The Morgan fingerprint density at radius 1 is 0.880 bits per heavy atom. The summed E-state index contributed by atoms with van der Waals surface area (Å²) in [6.07, 6.45) is 4.48. The van der Waals surface area contributed by atoms with Crippen LogP contribution in [0.4, 0.5) is 0 Å². The molecule has 2 nitrogen and oxygen atoms in total. The lowest BCUT2D eigenvalue weighted by atomic mass is 9.95. The van der Waals surface area contributed by atoms with Gasteiger partial charge in [0, 0.05) is 16.1 Å². The van der Waals surface area contributed by atoms with Crippen LogP contribution in [-0.4, -0.2) is 6.29 Å². The molecule has 0 saturated carbocycles. The van der Waals surface area contributed by atoms with E-state index in [0.29, 0.717) is 16.1 Å². The van der Waals surface area contributed by atoms with E-state index < -0.39 is 0 Å². The van der Waals surface area contributed by atoms with Crippen LogP contribution in [-0.2, 0) is 0 Å². The van der Waals surface area contributed by atoms with Crippen molar-refractivity contribution < 1.29 is 4.79 Å². The van der Waals surface area contributed by atoms with Crippen molar-refractivity contribution >= 4 is 30.0 Å². The summed E-state index contributed by atoms with van der Waals surface area (Å²) in [5, 5.41) is 10.1. The van der Waals surface area contributed by atoms with Gasteiger partial charge in [0.25, 0.3) is 0 Å². The molecule has 0 aromatic heterocycles. The Balaban J connectivity index is 2.01. The van der Waals surface area contributed by atoms with Gasteiger partial charge in [0.1, 0.15) is 12.4 Å². The Morgan fingerprint density at radius 3 is 2.32 bits per heavy atom. The Bertz CT molecular complexity index is 985. The molecule has 0 aliphatic rings. The van der Waals surface area contributed by atoms with E-state index >= 15 is 0 Å². The first-order valence-electron chi connectivity index (χ1n) is 7.74. The number of halogens is 1. The Morgan fingerprint density at radius 2 is 1.64 bits per heavy atom. The summed E-state index contributed by atoms with van der Waals surface area (Å²) in [6, 6.07) is 23.0. The third-order valence-electron chi connectivity index (χ3n) is 3.90. The Hall–Kier alpha value is -3.15. The molecule has 0 fully saturated rings. The van der Waals surface area contributed by atoms with Crippen molar-refractivity contribution in [2.75, 3.05) is 0 Å². The molecule has 25 heavy (non-hydrogen) atoms. The highest BCUT2D eigenvalue weighted by Gasteiger charge is 2.08. The molecule has 0 amide bonds. The molecule has 120 valence electrons. The highest BCUT2D eigenvalue weighted by Crippen LogP contribution is 2.27. The number of nitrogens with zero attached hydrogens (tertiary/aromatic N) is 1.